The van der Waals surface area contributed by atoms with Crippen molar-refractivity contribution in [1.29, 1.82) is 0 Å². The molecule has 0 aliphatic heterocycles. The van der Waals surface area contributed by atoms with Crippen molar-refractivity contribution in [3.8, 4) is 11.6 Å². The number of nitrogens with one attached hydrogen (secondary N) is 2. The fourth-order valence-electron chi connectivity index (χ4n) is 2.80. The summed E-state index contributed by atoms with van der Waals surface area (Å²) in [6.45, 7) is 0.586. The first-order valence-corrected chi connectivity index (χ1v) is 9.72. The maximum Gasteiger partial charge on any atom is 0.230 e. The lowest BCUT2D eigenvalue weighted by molar-refractivity contribution is -0.890. The van der Waals surface area contributed by atoms with E-state index < -0.39 is 0 Å². The molecule has 0 aliphatic carbocycles. The number of hydrogen-bond acceptors (Lipinski definition) is 5. The van der Waals surface area contributed by atoms with E-state index in [0.29, 0.717) is 23.3 Å². The van der Waals surface area contributed by atoms with E-state index in [2.05, 4.69) is 41.7 Å². The molecular weight excluding hydrogens is 362 g/mol. The number of nitrogens with zero attached hydrogens (tertiary/aromatic N) is 3. The zero-order valence-electron chi connectivity index (χ0n) is 15.7. The molecule has 0 radical (unpaired) electrons. The van der Waals surface area contributed by atoms with Crippen LogP contribution in [0.1, 0.15) is 11.6 Å². The minimum absolute atomic E-state index is 0.0234. The first-order chi connectivity index (χ1) is 13.1. The third-order valence-corrected chi connectivity index (χ3v) is 5.33. The Bertz CT molecular complexity index is 862. The van der Waals surface area contributed by atoms with E-state index >= 15 is 0 Å². The summed E-state index contributed by atoms with van der Waals surface area (Å²) in [5.41, 5.74) is 1.21. The van der Waals surface area contributed by atoms with Gasteiger partial charge in [-0.15, -0.1) is 10.2 Å². The average molecular weight is 387 g/mol. The molecule has 8 heteroatoms. The first-order valence-electron chi connectivity index (χ1n) is 8.74. The van der Waals surface area contributed by atoms with Crippen molar-refractivity contribution in [1.82, 2.24) is 20.1 Å². The van der Waals surface area contributed by atoms with Gasteiger partial charge in [0.25, 0.3) is 0 Å². The maximum absolute atomic E-state index is 12.3. The number of thioether (sulfide) groups is 1. The van der Waals surface area contributed by atoms with Gasteiger partial charge in [-0.1, -0.05) is 42.1 Å². The van der Waals surface area contributed by atoms with Gasteiger partial charge in [0.05, 0.1) is 32.7 Å². The van der Waals surface area contributed by atoms with Crippen LogP contribution in [0.3, 0.4) is 0 Å². The molecule has 1 amide bonds. The second kappa shape index (κ2) is 8.88. The number of amides is 1. The summed E-state index contributed by atoms with van der Waals surface area (Å²) in [5, 5.41) is 12.0. The van der Waals surface area contributed by atoms with Crippen LogP contribution in [0.25, 0.3) is 11.6 Å². The highest BCUT2D eigenvalue weighted by atomic mass is 32.2. The average Bonchev–Trinajstić information content (AvgIpc) is 3.30. The first kappa shape index (κ1) is 19.2. The van der Waals surface area contributed by atoms with Crippen molar-refractivity contribution < 1.29 is 14.1 Å². The summed E-state index contributed by atoms with van der Waals surface area (Å²) in [6.07, 6.45) is 1.60. The lowest BCUT2D eigenvalue weighted by Gasteiger charge is -2.22. The quantitative estimate of drug-likeness (QED) is 0.569. The minimum Gasteiger partial charge on any atom is -0.461 e. The van der Waals surface area contributed by atoms with Crippen LogP contribution in [0, 0.1) is 0 Å². The number of furan rings is 1. The Labute approximate surface area is 162 Å². The predicted octanol–water partition coefficient (Wildman–Crippen LogP) is 1.17. The lowest BCUT2D eigenvalue weighted by atomic mass is 10.1. The van der Waals surface area contributed by atoms with E-state index in [-0.39, 0.29) is 17.7 Å². The Kier molecular flexibility index (Phi) is 6.31. The Morgan fingerprint density at radius 3 is 2.67 bits per heavy atom. The third kappa shape index (κ3) is 4.78. The van der Waals surface area contributed by atoms with Crippen LogP contribution in [0.15, 0.2) is 58.3 Å². The highest BCUT2D eigenvalue weighted by Gasteiger charge is 2.19. The van der Waals surface area contributed by atoms with E-state index in [1.165, 1.54) is 22.2 Å². The molecule has 0 saturated carbocycles. The van der Waals surface area contributed by atoms with Gasteiger partial charge < -0.3 is 19.2 Å². The molecule has 3 rings (SSSR count). The number of rotatable bonds is 8. The molecule has 1 aromatic carbocycles. The van der Waals surface area contributed by atoms with E-state index in [1.54, 1.807) is 12.3 Å². The topological polar surface area (TPSA) is 77.4 Å². The number of likely N-dealkylation sites (N-methyl/N-ethyl adjacent to an activating group) is 1. The van der Waals surface area contributed by atoms with E-state index in [4.69, 9.17) is 4.42 Å². The lowest BCUT2D eigenvalue weighted by Crippen LogP contribution is -3.07. The van der Waals surface area contributed by atoms with Gasteiger partial charge in [0.1, 0.15) is 6.04 Å². The number of benzene rings is 1. The van der Waals surface area contributed by atoms with Gasteiger partial charge in [-0.2, -0.15) is 0 Å². The van der Waals surface area contributed by atoms with Crippen LogP contribution < -0.4 is 10.2 Å². The van der Waals surface area contributed by atoms with Crippen LogP contribution in [-0.2, 0) is 11.8 Å². The Hall–Kier alpha value is -2.58. The molecule has 2 N–H and O–H groups in total. The van der Waals surface area contributed by atoms with Gasteiger partial charge in [0.15, 0.2) is 16.7 Å². The predicted molar refractivity (Wildman–Crippen MR) is 104 cm³/mol. The van der Waals surface area contributed by atoms with E-state index in [1.807, 2.05) is 35.9 Å². The monoisotopic (exact) mass is 386 g/mol. The third-order valence-electron chi connectivity index (χ3n) is 4.31. The minimum atomic E-state index is -0.0234. The molecule has 0 spiro atoms. The SMILES string of the molecule is Cn1c(SCC(=O)NC[C@@H](c2ccccc2)[NH+](C)C)nnc1-c1ccco1. The molecule has 2 heterocycles. The van der Waals surface area contributed by atoms with Crippen LogP contribution in [0.4, 0.5) is 0 Å². The molecule has 2 aromatic heterocycles. The summed E-state index contributed by atoms with van der Waals surface area (Å²) in [7, 11) is 6.04. The second-order valence-corrected chi connectivity index (χ2v) is 7.42. The highest BCUT2D eigenvalue weighted by Crippen LogP contribution is 2.22. The number of quaternary nitrogens is 1. The summed E-state index contributed by atoms with van der Waals surface area (Å²) in [4.78, 5) is 13.6. The van der Waals surface area contributed by atoms with Gasteiger partial charge >= 0.3 is 0 Å². The molecule has 0 fully saturated rings. The fraction of sp³-hybridized carbons (Fsp3) is 0.316. The van der Waals surface area contributed by atoms with Crippen molar-refractivity contribution in [2.24, 2.45) is 7.05 Å². The summed E-state index contributed by atoms with van der Waals surface area (Å²) in [6, 6.07) is 14.1. The van der Waals surface area contributed by atoms with Crippen LogP contribution in [0.2, 0.25) is 0 Å². The largest absolute Gasteiger partial charge is 0.461 e. The highest BCUT2D eigenvalue weighted by molar-refractivity contribution is 7.99. The van der Waals surface area contributed by atoms with E-state index in [9.17, 15) is 4.79 Å². The molecule has 27 heavy (non-hydrogen) atoms. The van der Waals surface area contributed by atoms with Crippen LogP contribution in [-0.4, -0.2) is 47.1 Å². The summed E-state index contributed by atoms with van der Waals surface area (Å²) >= 11 is 1.36. The van der Waals surface area contributed by atoms with Crippen molar-refractivity contribution in [3.05, 3.63) is 54.3 Å². The number of aromatic nitrogens is 3. The second-order valence-electron chi connectivity index (χ2n) is 6.48. The Morgan fingerprint density at radius 1 is 1.22 bits per heavy atom. The molecule has 3 aromatic rings. The van der Waals surface area contributed by atoms with Crippen molar-refractivity contribution in [3.63, 3.8) is 0 Å². The zero-order valence-corrected chi connectivity index (χ0v) is 16.5. The number of carbonyl (C=O) groups excluding carboxylic acids is 1. The zero-order chi connectivity index (χ0) is 19.2. The molecule has 0 unspecified atom stereocenters. The molecule has 0 bridgehead atoms. The van der Waals surface area contributed by atoms with Gasteiger partial charge in [-0.3, -0.25) is 4.79 Å². The van der Waals surface area contributed by atoms with Gasteiger partial charge in [0, 0.05) is 12.6 Å². The van der Waals surface area contributed by atoms with Crippen LogP contribution in [0.5, 0.6) is 0 Å². The molecule has 0 aliphatic rings. The van der Waals surface area contributed by atoms with Gasteiger partial charge in [0.2, 0.25) is 5.91 Å². The van der Waals surface area contributed by atoms with Crippen molar-refractivity contribution in [2.75, 3.05) is 26.4 Å². The molecular formula is C19H24N5O2S+. The standard InChI is InChI=1S/C19H23N5O2S/c1-23(2)15(14-8-5-4-6-9-14)12-20-17(25)13-27-19-22-21-18(24(19)3)16-10-7-11-26-16/h4-11,15H,12-13H2,1-3H3,(H,20,25)/p+1/t15-/m0/s1. The van der Waals surface area contributed by atoms with Crippen molar-refractivity contribution >= 4 is 17.7 Å². The summed E-state index contributed by atoms with van der Waals surface area (Å²) < 4.78 is 7.18. The number of carbonyl (C=O) groups is 1. The maximum atomic E-state index is 12.3. The normalized spacial score (nSPS) is 12.3. The number of hydrogen-bond donors (Lipinski definition) is 2. The Balaban J connectivity index is 1.54. The van der Waals surface area contributed by atoms with E-state index in [0.717, 1.165) is 0 Å². The molecule has 0 saturated heterocycles. The van der Waals surface area contributed by atoms with Gasteiger partial charge in [-0.05, 0) is 12.1 Å². The fourth-order valence-corrected chi connectivity index (χ4v) is 3.54. The van der Waals surface area contributed by atoms with Gasteiger partial charge in [-0.25, -0.2) is 0 Å². The summed E-state index contributed by atoms with van der Waals surface area (Å²) in [5.74, 6) is 1.56. The molecule has 7 nitrogen and oxygen atoms in total. The van der Waals surface area contributed by atoms with Crippen molar-refractivity contribution in [2.45, 2.75) is 11.2 Å². The van der Waals surface area contributed by atoms with Crippen LogP contribution >= 0.6 is 11.8 Å². The molecule has 142 valence electrons. The smallest absolute Gasteiger partial charge is 0.230 e. The Morgan fingerprint density at radius 2 is 2.00 bits per heavy atom. The molecule has 1 atom stereocenters.